The van der Waals surface area contributed by atoms with Gasteiger partial charge < -0.3 is 4.74 Å². The van der Waals surface area contributed by atoms with E-state index in [0.717, 1.165) is 17.6 Å². The maximum atomic E-state index is 10.9. The lowest BCUT2D eigenvalue weighted by Gasteiger charge is -2.18. The molecule has 98 valence electrons. The van der Waals surface area contributed by atoms with E-state index in [1.165, 1.54) is 12.5 Å². The first-order valence-corrected chi connectivity index (χ1v) is 6.07. The number of allylic oxidation sites excluding steroid dienone is 1. The molecule has 1 atom stereocenters. The third-order valence-electron chi connectivity index (χ3n) is 2.06. The van der Waals surface area contributed by atoms with Crippen LogP contribution < -0.4 is 0 Å². The summed E-state index contributed by atoms with van der Waals surface area (Å²) in [5.41, 5.74) is 2.77. The molecule has 0 aromatic carbocycles. The molecule has 0 aromatic rings. The van der Waals surface area contributed by atoms with Crippen molar-refractivity contribution in [1.29, 1.82) is 0 Å². The maximum absolute atomic E-state index is 10.9. The Morgan fingerprint density at radius 3 is 2.00 bits per heavy atom. The number of carbonyl (C=O) groups excluding carboxylic acids is 1. The molecule has 0 aromatic heterocycles. The summed E-state index contributed by atoms with van der Waals surface area (Å²) < 4.78 is 5.14. The van der Waals surface area contributed by atoms with Crippen LogP contribution in [0.15, 0.2) is 36.0 Å². The average molecular weight is 238 g/mol. The van der Waals surface area contributed by atoms with Crippen LogP contribution in [0.5, 0.6) is 0 Å². The molecular formula is C15H26O2. The summed E-state index contributed by atoms with van der Waals surface area (Å²) >= 11 is 0. The summed E-state index contributed by atoms with van der Waals surface area (Å²) in [5.74, 6) is -0.313. The highest BCUT2D eigenvalue weighted by Gasteiger charge is 2.14. The predicted molar refractivity (Wildman–Crippen MR) is 74.9 cm³/mol. The number of carbonyl (C=O) groups is 1. The lowest BCUT2D eigenvalue weighted by atomic mass is 10.0. The molecule has 0 fully saturated rings. The molecule has 0 saturated carbocycles. The van der Waals surface area contributed by atoms with Crippen LogP contribution in [0.25, 0.3) is 0 Å². The molecule has 17 heavy (non-hydrogen) atoms. The first-order valence-electron chi connectivity index (χ1n) is 6.07. The Balaban J connectivity index is 0. The number of ether oxygens (including phenoxy) is 1. The number of esters is 1. The molecule has 0 N–H and O–H groups in total. The van der Waals surface area contributed by atoms with Gasteiger partial charge in [-0.1, -0.05) is 45.6 Å². The normalized spacial score (nSPS) is 12.0. The minimum atomic E-state index is -0.399. The zero-order valence-corrected chi connectivity index (χ0v) is 12.1. The van der Waals surface area contributed by atoms with Crippen molar-refractivity contribution in [2.75, 3.05) is 0 Å². The number of hydrogen-bond donors (Lipinski definition) is 0. The van der Waals surface area contributed by atoms with E-state index in [4.69, 9.17) is 4.74 Å². The number of rotatable bonds is 5. The van der Waals surface area contributed by atoms with Crippen molar-refractivity contribution in [1.82, 2.24) is 0 Å². The van der Waals surface area contributed by atoms with Gasteiger partial charge in [0.25, 0.3) is 0 Å². The average Bonchev–Trinajstić information content (AvgIpc) is 2.27. The monoisotopic (exact) mass is 238 g/mol. The fraction of sp³-hybridized carbons (Fsp3) is 0.533. The highest BCUT2D eigenvalue weighted by Crippen LogP contribution is 2.17. The van der Waals surface area contributed by atoms with Crippen LogP contribution in [0, 0.1) is 0 Å². The van der Waals surface area contributed by atoms with E-state index < -0.39 is 6.10 Å². The minimum absolute atomic E-state index is 0.313. The molecule has 0 aliphatic rings. The van der Waals surface area contributed by atoms with Crippen molar-refractivity contribution < 1.29 is 9.53 Å². The molecular weight excluding hydrogens is 212 g/mol. The van der Waals surface area contributed by atoms with Crippen molar-refractivity contribution in [2.45, 2.75) is 54.1 Å². The van der Waals surface area contributed by atoms with E-state index in [9.17, 15) is 4.79 Å². The van der Waals surface area contributed by atoms with Crippen LogP contribution >= 0.6 is 0 Å². The van der Waals surface area contributed by atoms with Gasteiger partial charge >= 0.3 is 5.97 Å². The molecule has 0 spiro atoms. The van der Waals surface area contributed by atoms with Gasteiger partial charge in [0.15, 0.2) is 0 Å². The fourth-order valence-electron chi connectivity index (χ4n) is 1.15. The molecule has 0 bridgehead atoms. The van der Waals surface area contributed by atoms with Crippen LogP contribution in [0.4, 0.5) is 0 Å². The van der Waals surface area contributed by atoms with Gasteiger partial charge in [-0.3, -0.25) is 4.79 Å². The van der Waals surface area contributed by atoms with Gasteiger partial charge in [-0.05, 0) is 31.4 Å². The van der Waals surface area contributed by atoms with E-state index in [1.54, 1.807) is 0 Å². The molecule has 0 saturated heterocycles. The van der Waals surface area contributed by atoms with Crippen molar-refractivity contribution >= 4 is 5.97 Å². The second-order valence-electron chi connectivity index (χ2n) is 3.75. The first kappa shape index (κ1) is 18.1. The van der Waals surface area contributed by atoms with Crippen molar-refractivity contribution in [3.05, 3.63) is 36.0 Å². The van der Waals surface area contributed by atoms with Gasteiger partial charge in [-0.15, -0.1) is 0 Å². The third-order valence-corrected chi connectivity index (χ3v) is 2.06. The van der Waals surface area contributed by atoms with Crippen LogP contribution in [-0.2, 0) is 9.53 Å². The van der Waals surface area contributed by atoms with E-state index in [0.29, 0.717) is 0 Å². The van der Waals surface area contributed by atoms with E-state index >= 15 is 0 Å². The Morgan fingerprint density at radius 2 is 1.71 bits per heavy atom. The van der Waals surface area contributed by atoms with E-state index in [2.05, 4.69) is 20.1 Å². The molecule has 1 unspecified atom stereocenters. The van der Waals surface area contributed by atoms with Gasteiger partial charge in [-0.2, -0.15) is 0 Å². The smallest absolute Gasteiger partial charge is 0.303 e. The van der Waals surface area contributed by atoms with E-state index in [1.807, 2.05) is 33.8 Å². The summed E-state index contributed by atoms with van der Waals surface area (Å²) in [6.45, 7) is 19.0. The molecule has 0 aliphatic heterocycles. The van der Waals surface area contributed by atoms with Gasteiger partial charge in [0.05, 0.1) is 0 Å². The van der Waals surface area contributed by atoms with Crippen LogP contribution in [0.1, 0.15) is 48.0 Å². The summed E-state index contributed by atoms with van der Waals surface area (Å²) in [6.07, 6.45) is 2.51. The van der Waals surface area contributed by atoms with Crippen LogP contribution in [0.2, 0.25) is 0 Å². The van der Waals surface area contributed by atoms with Crippen molar-refractivity contribution in [3.63, 3.8) is 0 Å². The summed E-state index contributed by atoms with van der Waals surface area (Å²) in [6, 6.07) is 0. The van der Waals surface area contributed by atoms with Gasteiger partial charge in [0.1, 0.15) is 6.10 Å². The molecule has 0 aliphatic carbocycles. The van der Waals surface area contributed by atoms with Crippen molar-refractivity contribution in [2.24, 2.45) is 0 Å². The SMILES string of the molecule is C=C(C)C(OC(C)=O)C(=C)/C=C(/C)CC.CC. The zero-order chi connectivity index (χ0) is 14.0. The van der Waals surface area contributed by atoms with Crippen LogP contribution in [0.3, 0.4) is 0 Å². The maximum Gasteiger partial charge on any atom is 0.303 e. The Hall–Kier alpha value is -1.31. The Bertz CT molecular complexity index is 298. The Morgan fingerprint density at radius 1 is 1.24 bits per heavy atom. The molecule has 0 heterocycles. The van der Waals surface area contributed by atoms with Gasteiger partial charge in [0, 0.05) is 6.92 Å². The summed E-state index contributed by atoms with van der Waals surface area (Å²) in [7, 11) is 0. The lowest BCUT2D eigenvalue weighted by molar-refractivity contribution is -0.143. The molecule has 2 nitrogen and oxygen atoms in total. The largest absolute Gasteiger partial charge is 0.453 e. The van der Waals surface area contributed by atoms with Crippen molar-refractivity contribution in [3.8, 4) is 0 Å². The summed E-state index contributed by atoms with van der Waals surface area (Å²) in [4.78, 5) is 10.9. The highest BCUT2D eigenvalue weighted by atomic mass is 16.5. The lowest BCUT2D eigenvalue weighted by Crippen LogP contribution is -2.18. The fourth-order valence-corrected chi connectivity index (χ4v) is 1.15. The topological polar surface area (TPSA) is 26.3 Å². The van der Waals surface area contributed by atoms with Gasteiger partial charge in [0.2, 0.25) is 0 Å². The quantitative estimate of drug-likeness (QED) is 0.402. The Kier molecular flexibility index (Phi) is 10.5. The second kappa shape index (κ2) is 9.88. The summed E-state index contributed by atoms with van der Waals surface area (Å²) in [5, 5.41) is 0. The van der Waals surface area contributed by atoms with Gasteiger partial charge in [-0.25, -0.2) is 0 Å². The minimum Gasteiger partial charge on any atom is -0.453 e. The predicted octanol–water partition coefficient (Wildman–Crippen LogP) is 4.43. The first-order chi connectivity index (χ1) is 7.88. The molecule has 0 amide bonds. The Labute approximate surface area is 106 Å². The zero-order valence-electron chi connectivity index (χ0n) is 12.1. The highest BCUT2D eigenvalue weighted by molar-refractivity contribution is 5.67. The van der Waals surface area contributed by atoms with E-state index in [-0.39, 0.29) is 5.97 Å². The third kappa shape index (κ3) is 8.49. The molecule has 0 radical (unpaired) electrons. The molecule has 2 heteroatoms. The standard InChI is InChI=1S/C13H20O2.C2H6/c1-7-10(4)8-11(5)13(9(2)3)15-12(6)14;1-2/h8,13H,2,5,7H2,1,3-4,6H3;1-2H3/b10-8-;. The second-order valence-corrected chi connectivity index (χ2v) is 3.75. The molecule has 0 rings (SSSR count). The number of hydrogen-bond acceptors (Lipinski definition) is 2. The van der Waals surface area contributed by atoms with Crippen LogP contribution in [-0.4, -0.2) is 12.1 Å².